The molecule has 0 spiro atoms. The van der Waals surface area contributed by atoms with Crippen LogP contribution in [-0.2, 0) is 14.3 Å². The SMILES string of the molecule is CNC(=O)CN(C)C(=O)COC(=O)c1ccc(-c2ccccc2Cl)o1. The normalized spacial score (nSPS) is 10.2. The van der Waals surface area contributed by atoms with E-state index < -0.39 is 18.5 Å². The molecule has 2 aromatic rings. The van der Waals surface area contributed by atoms with Crippen molar-refractivity contribution in [3.05, 3.63) is 47.2 Å². The van der Waals surface area contributed by atoms with Crippen LogP contribution in [0.15, 0.2) is 40.8 Å². The molecule has 7 nitrogen and oxygen atoms in total. The van der Waals surface area contributed by atoms with Gasteiger partial charge in [-0.3, -0.25) is 9.59 Å². The van der Waals surface area contributed by atoms with Crippen LogP contribution in [0.4, 0.5) is 0 Å². The molecule has 0 aliphatic carbocycles. The number of hydrogen-bond acceptors (Lipinski definition) is 5. The Morgan fingerprint density at radius 2 is 1.92 bits per heavy atom. The number of rotatable bonds is 6. The van der Waals surface area contributed by atoms with Crippen molar-refractivity contribution in [1.82, 2.24) is 10.2 Å². The number of benzene rings is 1. The van der Waals surface area contributed by atoms with E-state index in [9.17, 15) is 14.4 Å². The Kier molecular flexibility index (Phi) is 6.19. The average Bonchev–Trinajstić information content (AvgIpc) is 3.09. The zero-order valence-electron chi connectivity index (χ0n) is 13.7. The molecule has 0 bridgehead atoms. The van der Waals surface area contributed by atoms with Crippen molar-refractivity contribution in [3.63, 3.8) is 0 Å². The molecule has 0 atom stereocenters. The van der Waals surface area contributed by atoms with E-state index in [4.69, 9.17) is 20.8 Å². The van der Waals surface area contributed by atoms with Gasteiger partial charge in [-0.1, -0.05) is 23.7 Å². The zero-order chi connectivity index (χ0) is 18.4. The lowest BCUT2D eigenvalue weighted by atomic mass is 10.2. The lowest BCUT2D eigenvalue weighted by Gasteiger charge is -2.15. The number of carbonyl (C=O) groups excluding carboxylic acids is 3. The molecule has 0 aliphatic heterocycles. The van der Waals surface area contributed by atoms with Crippen molar-refractivity contribution in [2.75, 3.05) is 27.2 Å². The third-order valence-electron chi connectivity index (χ3n) is 3.36. The van der Waals surface area contributed by atoms with Crippen LogP contribution in [0.1, 0.15) is 10.6 Å². The van der Waals surface area contributed by atoms with Crippen LogP contribution < -0.4 is 5.32 Å². The van der Waals surface area contributed by atoms with Crippen LogP contribution in [0, 0.1) is 0 Å². The fourth-order valence-corrected chi connectivity index (χ4v) is 2.17. The molecule has 0 saturated heterocycles. The van der Waals surface area contributed by atoms with E-state index in [0.717, 1.165) is 4.90 Å². The van der Waals surface area contributed by atoms with Gasteiger partial charge >= 0.3 is 5.97 Å². The molecule has 0 aliphatic rings. The maximum atomic E-state index is 12.0. The standard InChI is InChI=1S/C17H17ClN2O5/c1-19-15(21)9-20(2)16(22)10-24-17(23)14-8-7-13(25-14)11-5-3-4-6-12(11)18/h3-8H,9-10H2,1-2H3,(H,19,21). The molecule has 2 amide bonds. The smallest absolute Gasteiger partial charge is 0.374 e. The molecule has 1 aromatic heterocycles. The molecule has 1 heterocycles. The van der Waals surface area contributed by atoms with Gasteiger partial charge in [-0.2, -0.15) is 0 Å². The Hall–Kier alpha value is -2.80. The first-order valence-electron chi connectivity index (χ1n) is 7.38. The lowest BCUT2D eigenvalue weighted by molar-refractivity contribution is -0.137. The third kappa shape index (κ3) is 4.84. The van der Waals surface area contributed by atoms with Crippen LogP contribution in [-0.4, -0.2) is 49.9 Å². The molecular formula is C17H17ClN2O5. The van der Waals surface area contributed by atoms with E-state index in [2.05, 4.69) is 5.32 Å². The number of carbonyl (C=O) groups is 3. The number of furan rings is 1. The summed E-state index contributed by atoms with van der Waals surface area (Å²) in [4.78, 5) is 36.2. The van der Waals surface area contributed by atoms with Gasteiger partial charge in [-0.05, 0) is 24.3 Å². The summed E-state index contributed by atoms with van der Waals surface area (Å²) in [7, 11) is 2.90. The number of likely N-dealkylation sites (N-methyl/N-ethyl adjacent to an activating group) is 2. The van der Waals surface area contributed by atoms with Crippen molar-refractivity contribution < 1.29 is 23.5 Å². The number of amides is 2. The van der Waals surface area contributed by atoms with E-state index in [1.807, 2.05) is 0 Å². The first kappa shape index (κ1) is 18.5. The number of ether oxygens (including phenoxy) is 1. The summed E-state index contributed by atoms with van der Waals surface area (Å²) in [5.41, 5.74) is 0.643. The van der Waals surface area contributed by atoms with E-state index in [-0.39, 0.29) is 18.2 Å². The summed E-state index contributed by atoms with van der Waals surface area (Å²) < 4.78 is 10.4. The second-order valence-corrected chi connectivity index (χ2v) is 5.55. The highest BCUT2D eigenvalue weighted by molar-refractivity contribution is 6.33. The molecule has 0 radical (unpaired) electrons. The summed E-state index contributed by atoms with van der Waals surface area (Å²) in [5.74, 6) is -1.23. The fourth-order valence-electron chi connectivity index (χ4n) is 1.94. The minimum atomic E-state index is -0.778. The molecule has 132 valence electrons. The summed E-state index contributed by atoms with van der Waals surface area (Å²) in [6.07, 6.45) is 0. The fraction of sp³-hybridized carbons (Fsp3) is 0.235. The van der Waals surface area contributed by atoms with Crippen LogP contribution in [0.5, 0.6) is 0 Å². The monoisotopic (exact) mass is 364 g/mol. The largest absolute Gasteiger partial charge is 0.450 e. The molecule has 0 saturated carbocycles. The van der Waals surface area contributed by atoms with Gasteiger partial charge in [0.2, 0.25) is 11.7 Å². The lowest BCUT2D eigenvalue weighted by Crippen LogP contribution is -2.39. The maximum absolute atomic E-state index is 12.0. The Balaban J connectivity index is 1.95. The van der Waals surface area contributed by atoms with Gasteiger partial charge in [0.1, 0.15) is 5.76 Å². The van der Waals surface area contributed by atoms with Crippen LogP contribution >= 0.6 is 11.6 Å². The summed E-state index contributed by atoms with van der Waals surface area (Å²) in [6.45, 7) is -0.612. The number of halogens is 1. The molecule has 8 heteroatoms. The second kappa shape index (κ2) is 8.34. The van der Waals surface area contributed by atoms with Gasteiger partial charge in [-0.25, -0.2) is 4.79 Å². The number of esters is 1. The quantitative estimate of drug-likeness (QED) is 0.791. The van der Waals surface area contributed by atoms with E-state index in [1.54, 1.807) is 30.3 Å². The third-order valence-corrected chi connectivity index (χ3v) is 3.69. The first-order chi connectivity index (χ1) is 11.9. The van der Waals surface area contributed by atoms with Crippen LogP contribution in [0.25, 0.3) is 11.3 Å². The van der Waals surface area contributed by atoms with Crippen molar-refractivity contribution in [3.8, 4) is 11.3 Å². The van der Waals surface area contributed by atoms with Gasteiger partial charge in [0.05, 0.1) is 11.6 Å². The number of nitrogens with one attached hydrogen (secondary N) is 1. The van der Waals surface area contributed by atoms with Crippen LogP contribution in [0.3, 0.4) is 0 Å². The predicted molar refractivity (Wildman–Crippen MR) is 91.1 cm³/mol. The molecule has 0 fully saturated rings. The van der Waals surface area contributed by atoms with E-state index in [1.165, 1.54) is 20.2 Å². The molecule has 25 heavy (non-hydrogen) atoms. The van der Waals surface area contributed by atoms with Crippen molar-refractivity contribution in [1.29, 1.82) is 0 Å². The first-order valence-corrected chi connectivity index (χ1v) is 7.76. The summed E-state index contributed by atoms with van der Waals surface area (Å²) >= 11 is 6.08. The zero-order valence-corrected chi connectivity index (χ0v) is 14.5. The predicted octanol–water partition coefficient (Wildman–Crippen LogP) is 1.96. The highest BCUT2D eigenvalue weighted by Crippen LogP contribution is 2.29. The minimum absolute atomic E-state index is 0.0447. The summed E-state index contributed by atoms with van der Waals surface area (Å²) in [6, 6.07) is 10.1. The molecule has 1 N–H and O–H groups in total. The molecule has 2 rings (SSSR count). The van der Waals surface area contributed by atoms with Crippen molar-refractivity contribution in [2.45, 2.75) is 0 Å². The number of hydrogen-bond donors (Lipinski definition) is 1. The van der Waals surface area contributed by atoms with Crippen LogP contribution in [0.2, 0.25) is 5.02 Å². The van der Waals surface area contributed by atoms with Gasteiger partial charge in [0.15, 0.2) is 6.61 Å². The van der Waals surface area contributed by atoms with Gasteiger partial charge < -0.3 is 19.4 Å². The Morgan fingerprint density at radius 1 is 1.20 bits per heavy atom. The van der Waals surface area contributed by atoms with E-state index >= 15 is 0 Å². The van der Waals surface area contributed by atoms with Crippen molar-refractivity contribution >= 4 is 29.4 Å². The minimum Gasteiger partial charge on any atom is -0.450 e. The highest BCUT2D eigenvalue weighted by Gasteiger charge is 2.18. The highest BCUT2D eigenvalue weighted by atomic mass is 35.5. The Bertz CT molecular complexity index is 787. The Morgan fingerprint density at radius 3 is 2.60 bits per heavy atom. The average molecular weight is 365 g/mol. The van der Waals surface area contributed by atoms with Gasteiger partial charge in [0.25, 0.3) is 5.91 Å². The molecule has 0 unspecified atom stereocenters. The Labute approximate surface area is 149 Å². The molecule has 1 aromatic carbocycles. The topological polar surface area (TPSA) is 88.9 Å². The molecular weight excluding hydrogens is 348 g/mol. The summed E-state index contributed by atoms with van der Waals surface area (Å²) in [5, 5.41) is 2.89. The maximum Gasteiger partial charge on any atom is 0.374 e. The van der Waals surface area contributed by atoms with Crippen molar-refractivity contribution in [2.24, 2.45) is 0 Å². The number of nitrogens with zero attached hydrogens (tertiary/aromatic N) is 1. The van der Waals surface area contributed by atoms with E-state index in [0.29, 0.717) is 16.3 Å². The van der Waals surface area contributed by atoms with Gasteiger partial charge in [0, 0.05) is 19.7 Å². The second-order valence-electron chi connectivity index (χ2n) is 5.14. The van der Waals surface area contributed by atoms with Gasteiger partial charge in [-0.15, -0.1) is 0 Å².